The van der Waals surface area contributed by atoms with Crippen LogP contribution >= 0.6 is 0 Å². The standard InChI is InChI=1S/C28H38N2O3S/c1-3-10-26-25-15-14-23(33-2)19-22(25)13-16-27(26)29-20-28(17-8-5-9-18-28)21-30-34(31,32)24-11-6-4-7-12-24/h3-4,6-7,11-12,14-15,19,26-27,29-30H,1,5,8-10,13,16-18,20-21H2,2H3. The number of allylic oxidation sites excluding steroid dienone is 1. The van der Waals surface area contributed by atoms with Gasteiger partial charge in [0.2, 0.25) is 10.0 Å². The van der Waals surface area contributed by atoms with Crippen LogP contribution in [-0.2, 0) is 16.4 Å². The second-order valence-corrected chi connectivity index (χ2v) is 11.7. The third-order valence-electron chi connectivity index (χ3n) is 7.72. The molecule has 2 N–H and O–H groups in total. The van der Waals surface area contributed by atoms with Crippen LogP contribution in [0.15, 0.2) is 66.1 Å². The third-order valence-corrected chi connectivity index (χ3v) is 9.14. The molecule has 0 aromatic heterocycles. The Labute approximate surface area is 205 Å². The molecule has 0 amide bonds. The number of hydrogen-bond acceptors (Lipinski definition) is 4. The summed E-state index contributed by atoms with van der Waals surface area (Å²) in [4.78, 5) is 0.333. The molecule has 0 spiro atoms. The van der Waals surface area contributed by atoms with Crippen molar-refractivity contribution in [3.63, 3.8) is 0 Å². The van der Waals surface area contributed by atoms with Gasteiger partial charge in [0.25, 0.3) is 0 Å². The van der Waals surface area contributed by atoms with Crippen molar-refractivity contribution in [1.82, 2.24) is 10.0 Å². The van der Waals surface area contributed by atoms with Crippen LogP contribution < -0.4 is 14.8 Å². The average Bonchev–Trinajstić information content (AvgIpc) is 2.88. The topological polar surface area (TPSA) is 67.4 Å². The van der Waals surface area contributed by atoms with Gasteiger partial charge in [0.05, 0.1) is 12.0 Å². The molecule has 0 radical (unpaired) electrons. The normalized spacial score (nSPS) is 22.0. The summed E-state index contributed by atoms with van der Waals surface area (Å²) in [5, 5.41) is 3.90. The summed E-state index contributed by atoms with van der Waals surface area (Å²) < 4.78 is 34.2. The minimum Gasteiger partial charge on any atom is -0.497 e. The van der Waals surface area contributed by atoms with Gasteiger partial charge in [-0.25, -0.2) is 13.1 Å². The van der Waals surface area contributed by atoms with Crippen LogP contribution in [0.1, 0.15) is 62.0 Å². The number of benzene rings is 2. The van der Waals surface area contributed by atoms with Gasteiger partial charge in [-0.05, 0) is 72.9 Å². The number of hydrogen-bond donors (Lipinski definition) is 2. The molecular weight excluding hydrogens is 444 g/mol. The van der Waals surface area contributed by atoms with Crippen LogP contribution in [0, 0.1) is 5.41 Å². The number of ether oxygens (including phenoxy) is 1. The Morgan fingerprint density at radius 1 is 1.09 bits per heavy atom. The van der Waals surface area contributed by atoms with Gasteiger partial charge in [-0.2, -0.15) is 0 Å². The number of methoxy groups -OCH3 is 1. The highest BCUT2D eigenvalue weighted by atomic mass is 32.2. The maximum Gasteiger partial charge on any atom is 0.240 e. The number of rotatable bonds is 10. The van der Waals surface area contributed by atoms with Crippen molar-refractivity contribution in [2.45, 2.75) is 68.2 Å². The van der Waals surface area contributed by atoms with E-state index < -0.39 is 10.0 Å². The smallest absolute Gasteiger partial charge is 0.240 e. The second-order valence-electron chi connectivity index (χ2n) is 9.92. The predicted molar refractivity (Wildman–Crippen MR) is 138 cm³/mol. The molecule has 34 heavy (non-hydrogen) atoms. The van der Waals surface area contributed by atoms with Crippen LogP contribution in [0.2, 0.25) is 0 Å². The fourth-order valence-corrected chi connectivity index (χ4v) is 6.91. The molecular formula is C28H38N2O3S. The average molecular weight is 483 g/mol. The molecule has 2 aliphatic carbocycles. The van der Waals surface area contributed by atoms with Crippen molar-refractivity contribution in [2.75, 3.05) is 20.2 Å². The Kier molecular flexibility index (Phi) is 8.12. The van der Waals surface area contributed by atoms with E-state index in [-0.39, 0.29) is 5.41 Å². The van der Waals surface area contributed by atoms with Gasteiger partial charge in [-0.1, -0.05) is 49.6 Å². The molecule has 4 rings (SSSR count). The fraction of sp³-hybridized carbons (Fsp3) is 0.500. The van der Waals surface area contributed by atoms with Gasteiger partial charge in [0, 0.05) is 25.0 Å². The molecule has 2 unspecified atom stereocenters. The molecule has 2 atom stereocenters. The van der Waals surface area contributed by atoms with E-state index in [2.05, 4.69) is 34.8 Å². The molecule has 2 aliphatic rings. The zero-order valence-electron chi connectivity index (χ0n) is 20.3. The SMILES string of the molecule is C=CCC1c2ccc(OC)cc2CCC1NCC1(CNS(=O)(=O)c2ccccc2)CCCCC1. The first-order chi connectivity index (χ1) is 16.5. The van der Waals surface area contributed by atoms with Gasteiger partial charge < -0.3 is 10.1 Å². The Morgan fingerprint density at radius 3 is 2.56 bits per heavy atom. The highest BCUT2D eigenvalue weighted by Gasteiger charge is 2.36. The van der Waals surface area contributed by atoms with Gasteiger partial charge in [0.15, 0.2) is 0 Å². The zero-order chi connectivity index (χ0) is 24.0. The van der Waals surface area contributed by atoms with E-state index in [0.717, 1.165) is 57.2 Å². The fourth-order valence-electron chi connectivity index (χ4n) is 5.73. The third kappa shape index (κ3) is 5.73. The minimum absolute atomic E-state index is 0.0565. The summed E-state index contributed by atoms with van der Waals surface area (Å²) >= 11 is 0. The number of fused-ring (bicyclic) bond motifs is 1. The van der Waals surface area contributed by atoms with Crippen LogP contribution in [0.3, 0.4) is 0 Å². The van der Waals surface area contributed by atoms with Gasteiger partial charge >= 0.3 is 0 Å². The van der Waals surface area contributed by atoms with Gasteiger partial charge in [-0.15, -0.1) is 6.58 Å². The second kappa shape index (κ2) is 11.1. The van der Waals surface area contributed by atoms with Crippen LogP contribution in [-0.4, -0.2) is 34.7 Å². The monoisotopic (exact) mass is 482 g/mol. The summed E-state index contributed by atoms with van der Waals surface area (Å²) in [5.41, 5.74) is 2.69. The molecule has 1 fully saturated rings. The maximum atomic E-state index is 12.9. The molecule has 2 aromatic carbocycles. The highest BCUT2D eigenvalue weighted by molar-refractivity contribution is 7.89. The Bertz CT molecular complexity index is 1060. The minimum atomic E-state index is -3.51. The Morgan fingerprint density at radius 2 is 1.85 bits per heavy atom. The predicted octanol–water partition coefficient (Wildman–Crippen LogP) is 5.19. The molecule has 1 saturated carbocycles. The molecule has 2 aromatic rings. The first kappa shape index (κ1) is 25.0. The highest BCUT2D eigenvalue weighted by Crippen LogP contribution is 2.39. The molecule has 0 saturated heterocycles. The van der Waals surface area contributed by atoms with Crippen LogP contribution in [0.4, 0.5) is 0 Å². The molecule has 0 bridgehead atoms. The largest absolute Gasteiger partial charge is 0.497 e. The van der Waals surface area contributed by atoms with Crippen LogP contribution in [0.25, 0.3) is 0 Å². The Balaban J connectivity index is 1.47. The number of aryl methyl sites for hydroxylation is 1. The van der Waals surface area contributed by atoms with E-state index >= 15 is 0 Å². The number of nitrogens with one attached hydrogen (secondary N) is 2. The Hall–Kier alpha value is -2.15. The van der Waals surface area contributed by atoms with Crippen molar-refractivity contribution in [3.05, 3.63) is 72.3 Å². The zero-order valence-corrected chi connectivity index (χ0v) is 21.1. The van der Waals surface area contributed by atoms with Gasteiger partial charge in [0.1, 0.15) is 5.75 Å². The van der Waals surface area contributed by atoms with E-state index in [0.29, 0.717) is 23.4 Å². The molecule has 0 heterocycles. The lowest BCUT2D eigenvalue weighted by molar-refractivity contribution is 0.172. The lowest BCUT2D eigenvalue weighted by atomic mass is 9.72. The van der Waals surface area contributed by atoms with E-state index in [1.54, 1.807) is 31.4 Å². The van der Waals surface area contributed by atoms with Crippen molar-refractivity contribution < 1.29 is 13.2 Å². The lowest BCUT2D eigenvalue weighted by Gasteiger charge is -2.41. The van der Waals surface area contributed by atoms with Crippen molar-refractivity contribution in [1.29, 1.82) is 0 Å². The van der Waals surface area contributed by atoms with E-state index in [4.69, 9.17) is 4.74 Å². The lowest BCUT2D eigenvalue weighted by Crippen LogP contribution is -2.49. The summed E-state index contributed by atoms with van der Waals surface area (Å²) in [5.74, 6) is 1.28. The molecule has 5 nitrogen and oxygen atoms in total. The quantitative estimate of drug-likeness (QED) is 0.458. The summed E-state index contributed by atoms with van der Waals surface area (Å²) in [7, 11) is -1.80. The van der Waals surface area contributed by atoms with Crippen molar-refractivity contribution >= 4 is 10.0 Å². The number of sulfonamides is 1. The van der Waals surface area contributed by atoms with Crippen LogP contribution in [0.5, 0.6) is 5.75 Å². The summed E-state index contributed by atoms with van der Waals surface area (Å²) in [6.07, 6.45) is 10.6. The van der Waals surface area contributed by atoms with Gasteiger partial charge in [-0.3, -0.25) is 0 Å². The van der Waals surface area contributed by atoms with E-state index in [9.17, 15) is 8.42 Å². The van der Waals surface area contributed by atoms with Crippen molar-refractivity contribution in [2.24, 2.45) is 5.41 Å². The van der Waals surface area contributed by atoms with Crippen molar-refractivity contribution in [3.8, 4) is 5.75 Å². The van der Waals surface area contributed by atoms with E-state index in [1.165, 1.54) is 17.5 Å². The molecule has 184 valence electrons. The summed E-state index contributed by atoms with van der Waals surface area (Å²) in [6, 6.07) is 15.5. The maximum absolute atomic E-state index is 12.9. The first-order valence-electron chi connectivity index (χ1n) is 12.5. The summed E-state index contributed by atoms with van der Waals surface area (Å²) in [6.45, 7) is 5.32. The molecule has 6 heteroatoms. The van der Waals surface area contributed by atoms with E-state index in [1.807, 2.05) is 12.1 Å². The molecule has 0 aliphatic heterocycles. The first-order valence-corrected chi connectivity index (χ1v) is 14.0.